The van der Waals surface area contributed by atoms with Crippen molar-refractivity contribution in [2.75, 3.05) is 5.32 Å². The van der Waals surface area contributed by atoms with Crippen LogP contribution in [0.5, 0.6) is 0 Å². The highest BCUT2D eigenvalue weighted by molar-refractivity contribution is 6.30. The minimum atomic E-state index is -1.03. The molecule has 0 saturated heterocycles. The Labute approximate surface area is 177 Å². The van der Waals surface area contributed by atoms with Gasteiger partial charge in [-0.05, 0) is 37.3 Å². The fraction of sp³-hybridized carbons (Fsp3) is 0.0909. The number of hydrogen-bond donors (Lipinski definition) is 2. The number of nitrogens with one attached hydrogen (secondary N) is 2. The number of carbonyl (C=O) groups excluding carboxylic acids is 2. The molecular formula is C22H17ClN4O3. The van der Waals surface area contributed by atoms with E-state index in [0.717, 1.165) is 11.0 Å². The number of rotatable bonds is 5. The van der Waals surface area contributed by atoms with Crippen LogP contribution >= 0.6 is 11.6 Å². The van der Waals surface area contributed by atoms with Crippen molar-refractivity contribution >= 4 is 40.3 Å². The SMILES string of the molecule is CC(OC(=O)c1ccccc1-c1nc2ccccc2[nH]1)C(=O)Nc1ccc(Cl)cn1. The highest BCUT2D eigenvalue weighted by Gasteiger charge is 2.22. The van der Waals surface area contributed by atoms with E-state index in [0.29, 0.717) is 27.8 Å². The molecule has 4 rings (SSSR count). The number of anilines is 1. The summed E-state index contributed by atoms with van der Waals surface area (Å²) in [4.78, 5) is 36.9. The van der Waals surface area contributed by atoms with Crippen LogP contribution in [0.2, 0.25) is 5.02 Å². The van der Waals surface area contributed by atoms with Crippen molar-refractivity contribution in [3.8, 4) is 11.4 Å². The third-order valence-electron chi connectivity index (χ3n) is 4.42. The first-order valence-electron chi connectivity index (χ1n) is 9.19. The molecule has 150 valence electrons. The molecule has 1 amide bonds. The summed E-state index contributed by atoms with van der Waals surface area (Å²) in [6.07, 6.45) is 0.385. The zero-order valence-corrected chi connectivity index (χ0v) is 16.7. The normalized spacial score (nSPS) is 11.8. The first kappa shape index (κ1) is 19.6. The average molecular weight is 421 g/mol. The lowest BCUT2D eigenvalue weighted by Crippen LogP contribution is -2.30. The highest BCUT2D eigenvalue weighted by atomic mass is 35.5. The number of aromatic amines is 1. The summed E-state index contributed by atoms with van der Waals surface area (Å²) in [6.45, 7) is 1.49. The van der Waals surface area contributed by atoms with Gasteiger partial charge in [0.05, 0.1) is 21.6 Å². The zero-order chi connectivity index (χ0) is 21.1. The number of ether oxygens (including phenoxy) is 1. The molecule has 0 aliphatic heterocycles. The lowest BCUT2D eigenvalue weighted by Gasteiger charge is -2.14. The van der Waals surface area contributed by atoms with Gasteiger partial charge in [0.1, 0.15) is 11.6 Å². The molecule has 0 spiro atoms. The van der Waals surface area contributed by atoms with E-state index in [-0.39, 0.29) is 0 Å². The van der Waals surface area contributed by atoms with Gasteiger partial charge >= 0.3 is 5.97 Å². The van der Waals surface area contributed by atoms with Crippen LogP contribution in [0.25, 0.3) is 22.4 Å². The molecule has 2 aromatic heterocycles. The van der Waals surface area contributed by atoms with Crippen molar-refractivity contribution in [2.45, 2.75) is 13.0 Å². The van der Waals surface area contributed by atoms with Gasteiger partial charge in [-0.15, -0.1) is 0 Å². The molecule has 2 heterocycles. The Morgan fingerprint density at radius 1 is 1.07 bits per heavy atom. The van der Waals surface area contributed by atoms with Crippen LogP contribution in [-0.4, -0.2) is 32.9 Å². The molecule has 0 aliphatic rings. The second-order valence-corrected chi connectivity index (χ2v) is 6.98. The summed E-state index contributed by atoms with van der Waals surface area (Å²) in [6, 6.07) is 17.7. The number of nitrogens with zero attached hydrogens (tertiary/aromatic N) is 2. The molecule has 0 bridgehead atoms. The predicted octanol–water partition coefficient (Wildman–Crippen LogP) is 4.46. The second-order valence-electron chi connectivity index (χ2n) is 6.55. The Kier molecular flexibility index (Phi) is 5.45. The summed E-state index contributed by atoms with van der Waals surface area (Å²) in [7, 11) is 0. The minimum absolute atomic E-state index is 0.306. The average Bonchev–Trinajstić information content (AvgIpc) is 3.19. The molecule has 0 fully saturated rings. The summed E-state index contributed by atoms with van der Waals surface area (Å²) in [5.41, 5.74) is 2.55. The van der Waals surface area contributed by atoms with Crippen molar-refractivity contribution in [3.63, 3.8) is 0 Å². The van der Waals surface area contributed by atoms with E-state index in [2.05, 4.69) is 20.3 Å². The monoisotopic (exact) mass is 420 g/mol. The number of pyridine rings is 1. The van der Waals surface area contributed by atoms with E-state index in [1.54, 1.807) is 30.3 Å². The van der Waals surface area contributed by atoms with E-state index >= 15 is 0 Å². The number of benzene rings is 2. The number of para-hydroxylation sites is 2. The van der Waals surface area contributed by atoms with Crippen molar-refractivity contribution in [2.24, 2.45) is 0 Å². The molecule has 0 aliphatic carbocycles. The Balaban J connectivity index is 1.52. The van der Waals surface area contributed by atoms with Gasteiger partial charge in [0.15, 0.2) is 6.10 Å². The van der Waals surface area contributed by atoms with Crippen LogP contribution < -0.4 is 5.32 Å². The van der Waals surface area contributed by atoms with Crippen molar-refractivity contribution < 1.29 is 14.3 Å². The Morgan fingerprint density at radius 2 is 1.83 bits per heavy atom. The third kappa shape index (κ3) is 4.16. The summed E-state index contributed by atoms with van der Waals surface area (Å²) in [5.74, 6) is -0.265. The van der Waals surface area contributed by atoms with Crippen molar-refractivity contribution in [1.82, 2.24) is 15.0 Å². The van der Waals surface area contributed by atoms with E-state index in [1.165, 1.54) is 13.1 Å². The van der Waals surface area contributed by atoms with Gasteiger partial charge in [0.2, 0.25) is 0 Å². The van der Waals surface area contributed by atoms with Gasteiger partial charge in [-0.2, -0.15) is 0 Å². The summed E-state index contributed by atoms with van der Waals surface area (Å²) >= 11 is 5.79. The number of esters is 1. The number of carbonyl (C=O) groups is 2. The van der Waals surface area contributed by atoms with Crippen LogP contribution in [0.1, 0.15) is 17.3 Å². The molecule has 30 heavy (non-hydrogen) atoms. The number of amides is 1. The summed E-state index contributed by atoms with van der Waals surface area (Å²) in [5, 5.41) is 3.04. The number of imidazole rings is 1. The molecule has 0 radical (unpaired) electrons. The predicted molar refractivity (Wildman–Crippen MR) is 114 cm³/mol. The molecular weight excluding hydrogens is 404 g/mol. The van der Waals surface area contributed by atoms with Crippen LogP contribution in [0, 0.1) is 0 Å². The van der Waals surface area contributed by atoms with Crippen molar-refractivity contribution in [3.05, 3.63) is 77.4 Å². The molecule has 1 atom stereocenters. The van der Waals surface area contributed by atoms with Gasteiger partial charge in [0, 0.05) is 11.8 Å². The number of hydrogen-bond acceptors (Lipinski definition) is 5. The second kappa shape index (κ2) is 8.34. The van der Waals surface area contributed by atoms with E-state index in [9.17, 15) is 9.59 Å². The van der Waals surface area contributed by atoms with E-state index in [1.807, 2.05) is 30.3 Å². The fourth-order valence-electron chi connectivity index (χ4n) is 2.90. The van der Waals surface area contributed by atoms with Crippen LogP contribution in [-0.2, 0) is 9.53 Å². The maximum absolute atomic E-state index is 12.8. The standard InChI is InChI=1S/C22H17ClN4O3/c1-13(21(28)27-19-11-10-14(23)12-24-19)30-22(29)16-7-3-2-6-15(16)20-25-17-8-4-5-9-18(17)26-20/h2-13H,1H3,(H,25,26)(H,24,27,28). The topological polar surface area (TPSA) is 97.0 Å². The number of halogens is 1. The molecule has 2 aromatic carbocycles. The van der Waals surface area contributed by atoms with Crippen LogP contribution in [0.15, 0.2) is 66.9 Å². The quantitative estimate of drug-likeness (QED) is 0.464. The highest BCUT2D eigenvalue weighted by Crippen LogP contribution is 2.25. The van der Waals surface area contributed by atoms with E-state index in [4.69, 9.17) is 16.3 Å². The fourth-order valence-corrected chi connectivity index (χ4v) is 3.01. The number of H-pyrrole nitrogens is 1. The largest absolute Gasteiger partial charge is 0.449 e. The van der Waals surface area contributed by atoms with Gasteiger partial charge in [-0.25, -0.2) is 14.8 Å². The smallest absolute Gasteiger partial charge is 0.339 e. The molecule has 2 N–H and O–H groups in total. The Morgan fingerprint density at radius 3 is 2.60 bits per heavy atom. The first-order chi connectivity index (χ1) is 14.5. The zero-order valence-electron chi connectivity index (χ0n) is 15.9. The Hall–Kier alpha value is -3.71. The lowest BCUT2D eigenvalue weighted by molar-refractivity contribution is -0.123. The Bertz CT molecular complexity index is 1190. The number of fused-ring (bicyclic) bond motifs is 1. The van der Waals surface area contributed by atoms with Crippen molar-refractivity contribution in [1.29, 1.82) is 0 Å². The minimum Gasteiger partial charge on any atom is -0.449 e. The third-order valence-corrected chi connectivity index (χ3v) is 4.65. The van der Waals surface area contributed by atoms with E-state index < -0.39 is 18.0 Å². The molecule has 1 unspecified atom stereocenters. The van der Waals surface area contributed by atoms with Gasteiger partial charge in [-0.1, -0.05) is 41.9 Å². The molecule has 0 saturated carbocycles. The van der Waals surface area contributed by atoms with Crippen LogP contribution in [0.4, 0.5) is 5.82 Å². The summed E-state index contributed by atoms with van der Waals surface area (Å²) < 4.78 is 5.38. The lowest BCUT2D eigenvalue weighted by atomic mass is 10.1. The van der Waals surface area contributed by atoms with Gasteiger partial charge < -0.3 is 15.0 Å². The maximum atomic E-state index is 12.8. The maximum Gasteiger partial charge on any atom is 0.339 e. The van der Waals surface area contributed by atoms with Gasteiger partial charge in [0.25, 0.3) is 5.91 Å². The van der Waals surface area contributed by atoms with Crippen LogP contribution in [0.3, 0.4) is 0 Å². The molecule has 8 heteroatoms. The van der Waals surface area contributed by atoms with Gasteiger partial charge in [-0.3, -0.25) is 4.79 Å². The number of aromatic nitrogens is 3. The first-order valence-corrected chi connectivity index (χ1v) is 9.56. The molecule has 4 aromatic rings. The molecule has 7 nitrogen and oxygen atoms in total.